The van der Waals surface area contributed by atoms with E-state index >= 15 is 0 Å². The lowest BCUT2D eigenvalue weighted by Crippen LogP contribution is -2.39. The number of esters is 1. The molecule has 0 spiro atoms. The highest BCUT2D eigenvalue weighted by molar-refractivity contribution is 7.12. The maximum Gasteiger partial charge on any atom is 0.325 e. The standard InChI is InChI=1S/C18H19N3O6S/c1-26-13-6-4-12(5-7-13)21-16(23)11-27-17(24)10-19-15(22)9-20-18(25)14-3-2-8-28-14/h2-8H,9-11H2,1H3,(H,19,22)(H,20,25)(H,21,23). The number of carbonyl (C=O) groups is 4. The molecule has 0 aliphatic rings. The molecular weight excluding hydrogens is 386 g/mol. The first-order chi connectivity index (χ1) is 13.5. The molecule has 0 radical (unpaired) electrons. The molecule has 1 heterocycles. The fourth-order valence-electron chi connectivity index (χ4n) is 1.96. The van der Waals surface area contributed by atoms with Crippen LogP contribution >= 0.6 is 11.3 Å². The van der Waals surface area contributed by atoms with E-state index in [4.69, 9.17) is 9.47 Å². The molecule has 0 unspecified atom stereocenters. The Kier molecular flexibility index (Phi) is 7.97. The average molecular weight is 405 g/mol. The zero-order chi connectivity index (χ0) is 20.4. The van der Waals surface area contributed by atoms with Crippen LogP contribution in [0.3, 0.4) is 0 Å². The molecule has 1 aromatic heterocycles. The minimum atomic E-state index is -0.775. The Bertz CT molecular complexity index is 820. The second kappa shape index (κ2) is 10.7. The summed E-state index contributed by atoms with van der Waals surface area (Å²) >= 11 is 1.25. The van der Waals surface area contributed by atoms with Crippen LogP contribution in [-0.4, -0.2) is 50.5 Å². The number of anilines is 1. The van der Waals surface area contributed by atoms with Gasteiger partial charge in [-0.2, -0.15) is 0 Å². The number of nitrogens with one attached hydrogen (secondary N) is 3. The fraction of sp³-hybridized carbons (Fsp3) is 0.222. The van der Waals surface area contributed by atoms with Crippen molar-refractivity contribution in [3.8, 4) is 5.75 Å². The second-order valence-corrected chi connectivity index (χ2v) is 6.32. The van der Waals surface area contributed by atoms with Crippen LogP contribution in [0.5, 0.6) is 5.75 Å². The van der Waals surface area contributed by atoms with Gasteiger partial charge < -0.3 is 25.4 Å². The van der Waals surface area contributed by atoms with Crippen LogP contribution in [0.25, 0.3) is 0 Å². The van der Waals surface area contributed by atoms with Crippen LogP contribution in [-0.2, 0) is 19.1 Å². The molecule has 28 heavy (non-hydrogen) atoms. The molecule has 3 amide bonds. The first-order valence-electron chi connectivity index (χ1n) is 8.16. The zero-order valence-corrected chi connectivity index (χ0v) is 15.8. The number of rotatable bonds is 9. The highest BCUT2D eigenvalue weighted by Gasteiger charge is 2.12. The highest BCUT2D eigenvalue weighted by atomic mass is 32.1. The first-order valence-corrected chi connectivity index (χ1v) is 9.04. The third kappa shape index (κ3) is 7.08. The van der Waals surface area contributed by atoms with Crippen LogP contribution in [0.4, 0.5) is 5.69 Å². The molecule has 10 heteroatoms. The van der Waals surface area contributed by atoms with Gasteiger partial charge >= 0.3 is 5.97 Å². The maximum atomic E-state index is 11.7. The molecule has 0 saturated carbocycles. The van der Waals surface area contributed by atoms with Crippen LogP contribution in [0.1, 0.15) is 9.67 Å². The van der Waals surface area contributed by atoms with Crippen LogP contribution < -0.4 is 20.7 Å². The van der Waals surface area contributed by atoms with Crippen molar-refractivity contribution in [2.75, 3.05) is 32.1 Å². The van der Waals surface area contributed by atoms with Gasteiger partial charge in [0.2, 0.25) is 5.91 Å². The number of ether oxygens (including phenoxy) is 2. The molecule has 0 atom stereocenters. The maximum absolute atomic E-state index is 11.7. The van der Waals surface area contributed by atoms with Crippen molar-refractivity contribution >= 4 is 40.7 Å². The summed E-state index contributed by atoms with van der Waals surface area (Å²) in [5.74, 6) is -1.57. The van der Waals surface area contributed by atoms with Crippen molar-refractivity contribution < 1.29 is 28.7 Å². The Morgan fingerprint density at radius 2 is 1.71 bits per heavy atom. The summed E-state index contributed by atoms with van der Waals surface area (Å²) in [5.41, 5.74) is 0.525. The quantitative estimate of drug-likeness (QED) is 0.530. The predicted molar refractivity (Wildman–Crippen MR) is 102 cm³/mol. The van der Waals surface area contributed by atoms with Gasteiger partial charge in [0.05, 0.1) is 18.5 Å². The van der Waals surface area contributed by atoms with E-state index in [1.165, 1.54) is 18.4 Å². The molecule has 0 aliphatic heterocycles. The van der Waals surface area contributed by atoms with Crippen LogP contribution in [0.15, 0.2) is 41.8 Å². The SMILES string of the molecule is COc1ccc(NC(=O)COC(=O)CNC(=O)CNC(=O)c2cccs2)cc1. The van der Waals surface area contributed by atoms with Gasteiger partial charge in [-0.05, 0) is 35.7 Å². The van der Waals surface area contributed by atoms with Crippen LogP contribution in [0, 0.1) is 0 Å². The van der Waals surface area contributed by atoms with Crippen molar-refractivity contribution in [3.05, 3.63) is 46.7 Å². The summed E-state index contributed by atoms with van der Waals surface area (Å²) in [7, 11) is 1.53. The number of amides is 3. The van der Waals surface area contributed by atoms with Gasteiger partial charge in [0.15, 0.2) is 6.61 Å². The first kappa shape index (κ1) is 20.9. The smallest absolute Gasteiger partial charge is 0.325 e. The molecule has 0 aliphatic carbocycles. The van der Waals surface area contributed by atoms with Gasteiger partial charge in [-0.3, -0.25) is 19.2 Å². The van der Waals surface area contributed by atoms with Crippen molar-refractivity contribution in [1.29, 1.82) is 0 Å². The van der Waals surface area contributed by atoms with E-state index in [1.54, 1.807) is 41.8 Å². The van der Waals surface area contributed by atoms with E-state index in [0.717, 1.165) is 0 Å². The third-order valence-electron chi connectivity index (χ3n) is 3.32. The van der Waals surface area contributed by atoms with Crippen molar-refractivity contribution in [1.82, 2.24) is 10.6 Å². The van der Waals surface area contributed by atoms with E-state index in [9.17, 15) is 19.2 Å². The monoisotopic (exact) mass is 405 g/mol. The minimum Gasteiger partial charge on any atom is -0.497 e. The zero-order valence-electron chi connectivity index (χ0n) is 15.0. The normalized spacial score (nSPS) is 9.89. The summed E-state index contributed by atoms with van der Waals surface area (Å²) < 4.78 is 9.79. The van der Waals surface area contributed by atoms with E-state index in [-0.39, 0.29) is 12.5 Å². The Balaban J connectivity index is 1.61. The second-order valence-electron chi connectivity index (χ2n) is 5.37. The molecule has 1 aromatic carbocycles. The van der Waals surface area contributed by atoms with E-state index in [0.29, 0.717) is 16.3 Å². The largest absolute Gasteiger partial charge is 0.497 e. The Morgan fingerprint density at radius 1 is 0.964 bits per heavy atom. The van der Waals surface area contributed by atoms with Crippen molar-refractivity contribution in [3.63, 3.8) is 0 Å². The molecule has 0 saturated heterocycles. The van der Waals surface area contributed by atoms with Gasteiger partial charge in [-0.25, -0.2) is 0 Å². The minimum absolute atomic E-state index is 0.276. The van der Waals surface area contributed by atoms with E-state index < -0.39 is 30.9 Å². The molecule has 0 fully saturated rings. The molecule has 0 bridgehead atoms. The van der Waals surface area contributed by atoms with Gasteiger partial charge in [-0.1, -0.05) is 6.07 Å². The summed E-state index contributed by atoms with van der Waals surface area (Å²) in [6, 6.07) is 9.99. The lowest BCUT2D eigenvalue weighted by molar-refractivity contribution is -0.147. The third-order valence-corrected chi connectivity index (χ3v) is 4.19. The molecule has 148 valence electrons. The lowest BCUT2D eigenvalue weighted by Gasteiger charge is -2.08. The van der Waals surface area contributed by atoms with Gasteiger partial charge in [0.1, 0.15) is 12.3 Å². The van der Waals surface area contributed by atoms with Gasteiger partial charge in [0.25, 0.3) is 11.8 Å². The summed E-state index contributed by atoms with van der Waals surface area (Å²) in [6.45, 7) is -1.18. The molecule has 9 nitrogen and oxygen atoms in total. The predicted octanol–water partition coefficient (Wildman–Crippen LogP) is 0.785. The average Bonchev–Trinajstić information content (AvgIpc) is 3.24. The summed E-state index contributed by atoms with van der Waals surface area (Å²) in [4.78, 5) is 47.1. The van der Waals surface area contributed by atoms with E-state index in [1.807, 2.05) is 0 Å². The number of carbonyl (C=O) groups excluding carboxylic acids is 4. The molecule has 2 rings (SSSR count). The van der Waals surface area contributed by atoms with Crippen molar-refractivity contribution in [2.24, 2.45) is 0 Å². The number of thiophene rings is 1. The number of methoxy groups -OCH3 is 1. The van der Waals surface area contributed by atoms with Crippen molar-refractivity contribution in [2.45, 2.75) is 0 Å². The highest BCUT2D eigenvalue weighted by Crippen LogP contribution is 2.14. The molecular formula is C18H19N3O6S. The van der Waals surface area contributed by atoms with E-state index in [2.05, 4.69) is 16.0 Å². The topological polar surface area (TPSA) is 123 Å². The Morgan fingerprint density at radius 3 is 2.36 bits per heavy atom. The fourth-order valence-corrected chi connectivity index (χ4v) is 2.60. The number of benzene rings is 1. The Hall–Kier alpha value is -3.40. The number of hydrogen-bond donors (Lipinski definition) is 3. The van der Waals surface area contributed by atoms with Crippen LogP contribution in [0.2, 0.25) is 0 Å². The van der Waals surface area contributed by atoms with Gasteiger partial charge in [0, 0.05) is 5.69 Å². The Labute approximate surface area is 165 Å². The number of hydrogen-bond acceptors (Lipinski definition) is 7. The lowest BCUT2D eigenvalue weighted by atomic mass is 10.3. The molecule has 3 N–H and O–H groups in total. The van der Waals surface area contributed by atoms with Gasteiger partial charge in [-0.15, -0.1) is 11.3 Å². The summed E-state index contributed by atoms with van der Waals surface area (Å²) in [6.07, 6.45) is 0. The molecule has 2 aromatic rings. The summed E-state index contributed by atoms with van der Waals surface area (Å²) in [5, 5.41) is 9.03.